The van der Waals surface area contributed by atoms with E-state index < -0.39 is 0 Å². The molecule has 0 aliphatic carbocycles. The molecule has 134 valence electrons. The number of nitrogens with zero attached hydrogens (tertiary/aromatic N) is 2. The highest BCUT2D eigenvalue weighted by atomic mass is 16.2. The van der Waals surface area contributed by atoms with Crippen LogP contribution in [0.2, 0.25) is 0 Å². The van der Waals surface area contributed by atoms with Crippen LogP contribution in [0.15, 0.2) is 84.2 Å². The average molecular weight is 364 g/mol. The molecule has 0 fully saturated rings. The number of fused-ring (bicyclic) bond motifs is 3. The summed E-state index contributed by atoms with van der Waals surface area (Å²) in [5.41, 5.74) is 5.78. The smallest absolute Gasteiger partial charge is 0.271 e. The van der Waals surface area contributed by atoms with Gasteiger partial charge in [-0.1, -0.05) is 48.5 Å². The lowest BCUT2D eigenvalue weighted by atomic mass is 9.97. The van der Waals surface area contributed by atoms with Crippen LogP contribution in [-0.2, 0) is 0 Å². The Labute approximate surface area is 160 Å². The van der Waals surface area contributed by atoms with E-state index in [4.69, 9.17) is 0 Å². The molecule has 0 saturated heterocycles. The topological polar surface area (TPSA) is 70.1 Å². The Morgan fingerprint density at radius 2 is 1.64 bits per heavy atom. The number of aromatic nitrogens is 2. The SMILES string of the molecule is O=C(NN=Cc1c2ccccc2cc2ccccc12)c1ccc2nc[nH]c2c1. The molecule has 0 aliphatic rings. The van der Waals surface area contributed by atoms with Crippen molar-refractivity contribution in [1.82, 2.24) is 15.4 Å². The summed E-state index contributed by atoms with van der Waals surface area (Å²) in [5, 5.41) is 8.70. The number of H-pyrrole nitrogens is 1. The number of carbonyl (C=O) groups excluding carboxylic acids is 1. The van der Waals surface area contributed by atoms with Gasteiger partial charge in [0.2, 0.25) is 0 Å². The molecule has 5 rings (SSSR count). The van der Waals surface area contributed by atoms with E-state index in [-0.39, 0.29) is 5.91 Å². The number of nitrogens with one attached hydrogen (secondary N) is 2. The second-order valence-electron chi connectivity index (χ2n) is 6.57. The van der Waals surface area contributed by atoms with Gasteiger partial charge in [0.25, 0.3) is 5.91 Å². The Morgan fingerprint density at radius 3 is 2.39 bits per heavy atom. The molecule has 0 atom stereocenters. The summed E-state index contributed by atoms with van der Waals surface area (Å²) in [6, 6.07) is 23.8. The Bertz CT molecular complexity index is 1310. The van der Waals surface area contributed by atoms with Crippen LogP contribution in [0, 0.1) is 0 Å². The van der Waals surface area contributed by atoms with E-state index in [9.17, 15) is 4.79 Å². The number of amides is 1. The summed E-state index contributed by atoms with van der Waals surface area (Å²) in [4.78, 5) is 19.6. The van der Waals surface area contributed by atoms with Crippen LogP contribution in [-0.4, -0.2) is 22.1 Å². The standard InChI is InChI=1S/C23H16N4O/c28-23(17-9-10-21-22(12-17)25-14-24-21)27-26-13-20-18-7-3-1-5-15(18)11-16-6-2-4-8-19(16)20/h1-14H,(H,24,25)(H,27,28). The molecule has 5 heteroatoms. The molecule has 4 aromatic carbocycles. The molecule has 1 heterocycles. The molecule has 0 saturated carbocycles. The van der Waals surface area contributed by atoms with Crippen molar-refractivity contribution in [3.8, 4) is 0 Å². The van der Waals surface area contributed by atoms with Gasteiger partial charge in [0.05, 0.1) is 23.6 Å². The van der Waals surface area contributed by atoms with Gasteiger partial charge < -0.3 is 4.98 Å². The number of imidazole rings is 1. The van der Waals surface area contributed by atoms with Gasteiger partial charge in [0.1, 0.15) is 0 Å². The summed E-state index contributed by atoms with van der Waals surface area (Å²) < 4.78 is 0. The Balaban J connectivity index is 1.50. The summed E-state index contributed by atoms with van der Waals surface area (Å²) in [7, 11) is 0. The first-order valence-electron chi connectivity index (χ1n) is 8.97. The number of benzene rings is 4. The van der Waals surface area contributed by atoms with Crippen LogP contribution in [0.4, 0.5) is 0 Å². The van der Waals surface area contributed by atoms with Crippen LogP contribution in [0.1, 0.15) is 15.9 Å². The zero-order valence-electron chi connectivity index (χ0n) is 14.9. The van der Waals surface area contributed by atoms with E-state index in [1.807, 2.05) is 30.3 Å². The maximum absolute atomic E-state index is 12.5. The highest BCUT2D eigenvalue weighted by Gasteiger charge is 2.08. The molecule has 0 spiro atoms. The fourth-order valence-corrected chi connectivity index (χ4v) is 3.48. The highest BCUT2D eigenvalue weighted by molar-refractivity contribution is 6.13. The molecular formula is C23H16N4O. The second-order valence-corrected chi connectivity index (χ2v) is 6.57. The summed E-state index contributed by atoms with van der Waals surface area (Å²) in [6.07, 6.45) is 3.33. The summed E-state index contributed by atoms with van der Waals surface area (Å²) in [5.74, 6) is -0.266. The first-order valence-corrected chi connectivity index (χ1v) is 8.97. The largest absolute Gasteiger partial charge is 0.345 e. The molecule has 0 radical (unpaired) electrons. The molecule has 5 nitrogen and oxygen atoms in total. The summed E-state index contributed by atoms with van der Waals surface area (Å²) in [6.45, 7) is 0. The van der Waals surface area contributed by atoms with Crippen LogP contribution in [0.25, 0.3) is 32.6 Å². The lowest BCUT2D eigenvalue weighted by Crippen LogP contribution is -2.17. The predicted molar refractivity (Wildman–Crippen MR) is 113 cm³/mol. The van der Waals surface area contributed by atoms with E-state index in [0.717, 1.165) is 38.1 Å². The van der Waals surface area contributed by atoms with Crippen molar-refractivity contribution in [3.05, 3.63) is 90.3 Å². The number of aromatic amines is 1. The van der Waals surface area contributed by atoms with Crippen molar-refractivity contribution in [2.75, 3.05) is 0 Å². The zero-order chi connectivity index (χ0) is 18.9. The number of carbonyl (C=O) groups is 1. The molecule has 0 aliphatic heterocycles. The molecule has 2 N–H and O–H groups in total. The fraction of sp³-hybridized carbons (Fsp3) is 0. The van der Waals surface area contributed by atoms with Gasteiger partial charge in [-0.2, -0.15) is 5.10 Å². The van der Waals surface area contributed by atoms with Crippen LogP contribution < -0.4 is 5.43 Å². The van der Waals surface area contributed by atoms with Crippen LogP contribution in [0.5, 0.6) is 0 Å². The van der Waals surface area contributed by atoms with E-state index in [2.05, 4.69) is 50.8 Å². The maximum atomic E-state index is 12.5. The molecule has 0 bridgehead atoms. The molecule has 1 amide bonds. The van der Waals surface area contributed by atoms with Crippen LogP contribution >= 0.6 is 0 Å². The molecule has 1 aromatic heterocycles. The van der Waals surface area contributed by atoms with Crippen molar-refractivity contribution in [3.63, 3.8) is 0 Å². The predicted octanol–water partition coefficient (Wildman–Crippen LogP) is 4.63. The summed E-state index contributed by atoms with van der Waals surface area (Å²) >= 11 is 0. The number of rotatable bonds is 3. The molecule has 28 heavy (non-hydrogen) atoms. The van der Waals surface area contributed by atoms with Gasteiger partial charge in [-0.15, -0.1) is 0 Å². The van der Waals surface area contributed by atoms with Gasteiger partial charge in [-0.05, 0) is 45.8 Å². The maximum Gasteiger partial charge on any atom is 0.271 e. The monoisotopic (exact) mass is 364 g/mol. The average Bonchev–Trinajstić information content (AvgIpc) is 3.21. The molecule has 0 unspecified atom stereocenters. The van der Waals surface area contributed by atoms with Crippen molar-refractivity contribution in [2.24, 2.45) is 5.10 Å². The Hall–Kier alpha value is -3.99. The first-order chi connectivity index (χ1) is 13.8. The third kappa shape index (κ3) is 2.79. The lowest BCUT2D eigenvalue weighted by Gasteiger charge is -2.08. The third-order valence-corrected chi connectivity index (χ3v) is 4.86. The van der Waals surface area contributed by atoms with Crippen molar-refractivity contribution in [1.29, 1.82) is 0 Å². The fourth-order valence-electron chi connectivity index (χ4n) is 3.48. The molecular weight excluding hydrogens is 348 g/mol. The third-order valence-electron chi connectivity index (χ3n) is 4.86. The van der Waals surface area contributed by atoms with E-state index in [1.165, 1.54) is 0 Å². The van der Waals surface area contributed by atoms with Crippen molar-refractivity contribution >= 4 is 44.7 Å². The minimum atomic E-state index is -0.266. The van der Waals surface area contributed by atoms with Gasteiger partial charge >= 0.3 is 0 Å². The quantitative estimate of drug-likeness (QED) is 0.278. The zero-order valence-corrected chi connectivity index (χ0v) is 14.9. The van der Waals surface area contributed by atoms with Gasteiger partial charge in [-0.3, -0.25) is 4.79 Å². The normalized spacial score (nSPS) is 11.6. The van der Waals surface area contributed by atoms with Gasteiger partial charge in [0.15, 0.2) is 0 Å². The second kappa shape index (κ2) is 6.63. The minimum Gasteiger partial charge on any atom is -0.345 e. The Morgan fingerprint density at radius 1 is 0.929 bits per heavy atom. The minimum absolute atomic E-state index is 0.266. The lowest BCUT2D eigenvalue weighted by molar-refractivity contribution is 0.0955. The number of hydrazone groups is 1. The van der Waals surface area contributed by atoms with Crippen LogP contribution in [0.3, 0.4) is 0 Å². The number of hydrogen-bond donors (Lipinski definition) is 2. The first kappa shape index (κ1) is 16.2. The number of hydrogen-bond acceptors (Lipinski definition) is 3. The van der Waals surface area contributed by atoms with Crippen molar-refractivity contribution in [2.45, 2.75) is 0 Å². The van der Waals surface area contributed by atoms with E-state index in [0.29, 0.717) is 5.56 Å². The van der Waals surface area contributed by atoms with Gasteiger partial charge in [0, 0.05) is 11.1 Å². The van der Waals surface area contributed by atoms with Gasteiger partial charge in [-0.25, -0.2) is 10.4 Å². The highest BCUT2D eigenvalue weighted by Crippen LogP contribution is 2.27. The van der Waals surface area contributed by atoms with E-state index >= 15 is 0 Å². The Kier molecular flexibility index (Phi) is 3.84. The van der Waals surface area contributed by atoms with E-state index in [1.54, 1.807) is 24.7 Å². The molecule has 5 aromatic rings. The van der Waals surface area contributed by atoms with Crippen molar-refractivity contribution < 1.29 is 4.79 Å².